The van der Waals surface area contributed by atoms with Gasteiger partial charge in [0.2, 0.25) is 0 Å². The minimum absolute atomic E-state index is 0.153. The molecule has 1 aromatic heterocycles. The maximum Gasteiger partial charge on any atom is 0.251 e. The molecule has 0 bridgehead atoms. The van der Waals surface area contributed by atoms with E-state index in [1.54, 1.807) is 6.07 Å². The Morgan fingerprint density at radius 2 is 1.82 bits per heavy atom. The molecule has 1 atom stereocenters. The quantitative estimate of drug-likeness (QED) is 0.365. The number of amides is 1. The fourth-order valence-corrected chi connectivity index (χ4v) is 2.63. The normalized spacial score (nSPS) is 11.8. The van der Waals surface area contributed by atoms with Crippen LogP contribution in [-0.2, 0) is 9.53 Å². The van der Waals surface area contributed by atoms with Crippen LogP contribution >= 0.6 is 0 Å². The summed E-state index contributed by atoms with van der Waals surface area (Å²) in [5.41, 5.74) is -0.318. The van der Waals surface area contributed by atoms with Crippen LogP contribution in [0.3, 0.4) is 0 Å². The van der Waals surface area contributed by atoms with Crippen molar-refractivity contribution in [3.63, 3.8) is 0 Å². The number of ether oxygens (including phenoxy) is 1. The van der Waals surface area contributed by atoms with Crippen molar-refractivity contribution < 1.29 is 18.7 Å². The lowest BCUT2D eigenvalue weighted by molar-refractivity contribution is -0.123. The van der Waals surface area contributed by atoms with Crippen molar-refractivity contribution >= 4 is 11.7 Å². The highest BCUT2D eigenvalue weighted by atomic mass is 19.1. The number of pyridine rings is 1. The zero-order chi connectivity index (χ0) is 20.4. The maximum absolute atomic E-state index is 13.2. The molecule has 2 rings (SSSR count). The van der Waals surface area contributed by atoms with Crippen LogP contribution in [-0.4, -0.2) is 36.0 Å². The number of Topliss-reactive ketones (excluding diaryl/α,β-unsaturated/α-hetero) is 1. The minimum atomic E-state index is -1.36. The van der Waals surface area contributed by atoms with E-state index in [-0.39, 0.29) is 5.56 Å². The third-order valence-electron chi connectivity index (χ3n) is 4.16. The SMILES string of the molecule is CCCCOCCCNC(=O)C(C(=O)c1ccc(F)cc1)n1ccccc1=O. The molecule has 28 heavy (non-hydrogen) atoms. The standard InChI is InChI=1S/C21H25FN2O4/c1-2-3-14-28-15-6-12-23-21(27)19(24-13-5-4-7-18(24)25)20(26)16-8-10-17(22)11-9-16/h4-5,7-11,13,19H,2-3,6,12,14-15H2,1H3,(H,23,27). The zero-order valence-electron chi connectivity index (χ0n) is 15.9. The first-order valence-corrected chi connectivity index (χ1v) is 9.37. The molecule has 1 unspecified atom stereocenters. The monoisotopic (exact) mass is 388 g/mol. The lowest BCUT2D eigenvalue weighted by Gasteiger charge is -2.18. The Morgan fingerprint density at radius 3 is 2.50 bits per heavy atom. The summed E-state index contributed by atoms with van der Waals surface area (Å²) in [5.74, 6) is -1.65. The smallest absolute Gasteiger partial charge is 0.251 e. The molecule has 1 aromatic carbocycles. The molecule has 0 aliphatic heterocycles. The molecule has 0 aliphatic rings. The van der Waals surface area contributed by atoms with E-state index in [0.29, 0.717) is 26.2 Å². The molecule has 0 spiro atoms. The summed E-state index contributed by atoms with van der Waals surface area (Å²) in [6.07, 6.45) is 4.02. The Hall–Kier alpha value is -2.80. The first kappa shape index (κ1) is 21.5. The van der Waals surface area contributed by atoms with Gasteiger partial charge in [-0.1, -0.05) is 19.4 Å². The zero-order valence-corrected chi connectivity index (χ0v) is 15.9. The molecule has 7 heteroatoms. The number of hydrogen-bond donors (Lipinski definition) is 1. The van der Waals surface area contributed by atoms with Gasteiger partial charge in [-0.05, 0) is 43.2 Å². The number of benzene rings is 1. The molecule has 1 amide bonds. The van der Waals surface area contributed by atoms with Gasteiger partial charge in [-0.15, -0.1) is 0 Å². The third-order valence-corrected chi connectivity index (χ3v) is 4.16. The van der Waals surface area contributed by atoms with Crippen LogP contribution in [0.2, 0.25) is 0 Å². The van der Waals surface area contributed by atoms with Gasteiger partial charge in [-0.3, -0.25) is 19.0 Å². The van der Waals surface area contributed by atoms with Crippen LogP contribution in [0.4, 0.5) is 4.39 Å². The number of aromatic nitrogens is 1. The van der Waals surface area contributed by atoms with E-state index >= 15 is 0 Å². The number of unbranched alkanes of at least 4 members (excludes halogenated alkanes) is 1. The topological polar surface area (TPSA) is 77.4 Å². The van der Waals surface area contributed by atoms with Crippen molar-refractivity contribution in [3.05, 3.63) is 70.4 Å². The highest BCUT2D eigenvalue weighted by molar-refractivity contribution is 6.11. The van der Waals surface area contributed by atoms with Gasteiger partial charge in [-0.25, -0.2) is 4.39 Å². The van der Waals surface area contributed by atoms with Crippen molar-refractivity contribution in [2.24, 2.45) is 0 Å². The summed E-state index contributed by atoms with van der Waals surface area (Å²) in [5, 5.41) is 2.69. The van der Waals surface area contributed by atoms with Crippen LogP contribution < -0.4 is 10.9 Å². The number of nitrogens with zero attached hydrogens (tertiary/aromatic N) is 1. The van der Waals surface area contributed by atoms with Gasteiger partial charge in [0.15, 0.2) is 11.8 Å². The van der Waals surface area contributed by atoms with E-state index < -0.39 is 29.1 Å². The van der Waals surface area contributed by atoms with E-state index in [4.69, 9.17) is 4.74 Å². The Bertz CT molecular complexity index is 833. The van der Waals surface area contributed by atoms with Crippen molar-refractivity contribution in [1.29, 1.82) is 0 Å². The summed E-state index contributed by atoms with van der Waals surface area (Å²) in [4.78, 5) is 37.8. The predicted octanol–water partition coefficient (Wildman–Crippen LogP) is 2.73. The lowest BCUT2D eigenvalue weighted by atomic mass is 10.0. The number of carbonyl (C=O) groups is 2. The van der Waals surface area contributed by atoms with Crippen LogP contribution in [0.1, 0.15) is 42.6 Å². The van der Waals surface area contributed by atoms with Gasteiger partial charge >= 0.3 is 0 Å². The van der Waals surface area contributed by atoms with Crippen LogP contribution in [0, 0.1) is 5.82 Å². The summed E-state index contributed by atoms with van der Waals surface area (Å²) in [6, 6.07) is 7.90. The van der Waals surface area contributed by atoms with Crippen LogP contribution in [0.25, 0.3) is 0 Å². The highest BCUT2D eigenvalue weighted by Crippen LogP contribution is 2.14. The van der Waals surface area contributed by atoms with Crippen molar-refractivity contribution in [2.45, 2.75) is 32.2 Å². The first-order chi connectivity index (χ1) is 13.5. The molecule has 1 N–H and O–H groups in total. The average Bonchev–Trinajstić information content (AvgIpc) is 2.69. The van der Waals surface area contributed by atoms with Crippen LogP contribution in [0.15, 0.2) is 53.5 Å². The molecule has 0 radical (unpaired) electrons. The first-order valence-electron chi connectivity index (χ1n) is 9.37. The van der Waals surface area contributed by atoms with Gasteiger partial charge in [0.25, 0.3) is 11.5 Å². The third kappa shape index (κ3) is 6.13. The molecule has 2 aromatic rings. The van der Waals surface area contributed by atoms with Crippen molar-refractivity contribution in [2.75, 3.05) is 19.8 Å². The Kier molecular flexibility index (Phi) is 8.55. The second-order valence-electron chi connectivity index (χ2n) is 6.33. The van der Waals surface area contributed by atoms with Crippen molar-refractivity contribution in [3.8, 4) is 0 Å². The molecule has 0 aliphatic carbocycles. The molecule has 0 saturated carbocycles. The Balaban J connectivity index is 2.09. The summed E-state index contributed by atoms with van der Waals surface area (Å²) < 4.78 is 19.7. The summed E-state index contributed by atoms with van der Waals surface area (Å²) >= 11 is 0. The van der Waals surface area contributed by atoms with E-state index in [2.05, 4.69) is 12.2 Å². The van der Waals surface area contributed by atoms with E-state index in [9.17, 15) is 18.8 Å². The number of halogens is 1. The molecule has 0 fully saturated rings. The van der Waals surface area contributed by atoms with Gasteiger partial charge in [-0.2, -0.15) is 0 Å². The average molecular weight is 388 g/mol. The second-order valence-corrected chi connectivity index (χ2v) is 6.33. The van der Waals surface area contributed by atoms with Gasteiger partial charge in [0.1, 0.15) is 5.82 Å². The number of ketones is 1. The number of hydrogen-bond acceptors (Lipinski definition) is 4. The van der Waals surface area contributed by atoms with Crippen LogP contribution in [0.5, 0.6) is 0 Å². The largest absolute Gasteiger partial charge is 0.381 e. The molecule has 150 valence electrons. The molecule has 1 heterocycles. The number of rotatable bonds is 11. The van der Waals surface area contributed by atoms with E-state index in [0.717, 1.165) is 29.5 Å². The molecule has 0 saturated heterocycles. The van der Waals surface area contributed by atoms with Crippen molar-refractivity contribution in [1.82, 2.24) is 9.88 Å². The molecular formula is C21H25FN2O4. The Morgan fingerprint density at radius 1 is 1.11 bits per heavy atom. The second kappa shape index (κ2) is 11.1. The summed E-state index contributed by atoms with van der Waals surface area (Å²) in [7, 11) is 0. The fourth-order valence-electron chi connectivity index (χ4n) is 2.63. The predicted molar refractivity (Wildman–Crippen MR) is 104 cm³/mol. The molecule has 6 nitrogen and oxygen atoms in total. The van der Waals surface area contributed by atoms with Gasteiger partial charge < -0.3 is 10.1 Å². The Labute approximate surface area is 163 Å². The van der Waals surface area contributed by atoms with Gasteiger partial charge in [0.05, 0.1) is 0 Å². The number of nitrogens with one attached hydrogen (secondary N) is 1. The number of carbonyl (C=O) groups excluding carboxylic acids is 2. The van der Waals surface area contributed by atoms with Gasteiger partial charge in [0, 0.05) is 37.6 Å². The maximum atomic E-state index is 13.2. The summed E-state index contributed by atoms with van der Waals surface area (Å²) in [6.45, 7) is 3.57. The fraction of sp³-hybridized carbons (Fsp3) is 0.381. The highest BCUT2D eigenvalue weighted by Gasteiger charge is 2.29. The lowest BCUT2D eigenvalue weighted by Crippen LogP contribution is -2.41. The van der Waals surface area contributed by atoms with E-state index in [1.165, 1.54) is 30.5 Å². The molecular weight excluding hydrogens is 363 g/mol. The van der Waals surface area contributed by atoms with E-state index in [1.807, 2.05) is 0 Å². The minimum Gasteiger partial charge on any atom is -0.381 e.